The van der Waals surface area contributed by atoms with Crippen LogP contribution in [-0.4, -0.2) is 29.3 Å². The lowest BCUT2D eigenvalue weighted by Crippen LogP contribution is -2.40. The number of unbranched alkanes of at least 4 members (excludes halogenated alkanes) is 1. The summed E-state index contributed by atoms with van der Waals surface area (Å²) in [6, 6.07) is 2.44. The third-order valence-corrected chi connectivity index (χ3v) is 3.20. The van der Waals surface area contributed by atoms with Gasteiger partial charge in [-0.25, -0.2) is 4.79 Å². The molecule has 0 bridgehead atoms. The van der Waals surface area contributed by atoms with Crippen LogP contribution in [0.2, 0.25) is 0 Å². The van der Waals surface area contributed by atoms with Gasteiger partial charge in [0.05, 0.1) is 5.75 Å². The van der Waals surface area contributed by atoms with E-state index in [0.717, 1.165) is 12.8 Å². The maximum atomic E-state index is 11.9. The molecule has 1 aromatic rings. The molecule has 0 aromatic carbocycles. The Bertz CT molecular complexity index is 430. The quantitative estimate of drug-likeness (QED) is 0.767. The molecule has 0 radical (unpaired) electrons. The van der Waals surface area contributed by atoms with Gasteiger partial charge < -0.3 is 14.8 Å². The van der Waals surface area contributed by atoms with Gasteiger partial charge in [0.2, 0.25) is 0 Å². The molecule has 0 aliphatic heterocycles. The monoisotopic (exact) mass is 285 g/mol. The molecule has 0 unspecified atom stereocenters. The van der Waals surface area contributed by atoms with E-state index in [9.17, 15) is 9.59 Å². The number of carbonyl (C=O) groups excluding carboxylic acids is 1. The van der Waals surface area contributed by atoms with Crippen LogP contribution >= 0.6 is 11.8 Å². The fourth-order valence-corrected chi connectivity index (χ4v) is 2.05. The standard InChI is InChI=1S/C13H19NO4S/c1-3-4-5-10(13(16)17)14-12(15)11-7-6-9(18-11)8-19-2/h6-7,10H,3-5,8H2,1-2H3,(H,14,15)(H,16,17)/t10-/m0/s1. The zero-order valence-electron chi connectivity index (χ0n) is 11.1. The molecule has 0 saturated carbocycles. The van der Waals surface area contributed by atoms with Gasteiger partial charge in [-0.1, -0.05) is 19.8 Å². The van der Waals surface area contributed by atoms with Crippen molar-refractivity contribution >= 4 is 23.6 Å². The summed E-state index contributed by atoms with van der Waals surface area (Å²) >= 11 is 1.59. The summed E-state index contributed by atoms with van der Waals surface area (Å²) < 4.78 is 5.35. The Balaban J connectivity index is 2.62. The van der Waals surface area contributed by atoms with Crippen molar-refractivity contribution < 1.29 is 19.1 Å². The van der Waals surface area contributed by atoms with E-state index < -0.39 is 17.9 Å². The van der Waals surface area contributed by atoms with Gasteiger partial charge in [0, 0.05) is 0 Å². The molecular weight excluding hydrogens is 266 g/mol. The van der Waals surface area contributed by atoms with Crippen LogP contribution in [0.3, 0.4) is 0 Å². The lowest BCUT2D eigenvalue weighted by atomic mass is 10.1. The number of hydrogen-bond donors (Lipinski definition) is 2. The normalized spacial score (nSPS) is 12.1. The van der Waals surface area contributed by atoms with Crippen molar-refractivity contribution in [2.24, 2.45) is 0 Å². The second-order valence-corrected chi connectivity index (χ2v) is 5.07. The molecule has 1 amide bonds. The van der Waals surface area contributed by atoms with Crippen molar-refractivity contribution in [2.75, 3.05) is 6.26 Å². The van der Waals surface area contributed by atoms with E-state index in [4.69, 9.17) is 9.52 Å². The van der Waals surface area contributed by atoms with Crippen molar-refractivity contribution in [3.8, 4) is 0 Å². The first kappa shape index (κ1) is 15.6. The first-order chi connectivity index (χ1) is 9.08. The molecule has 0 aliphatic rings. The number of carboxylic acids is 1. The molecule has 2 N–H and O–H groups in total. The zero-order valence-corrected chi connectivity index (χ0v) is 12.0. The smallest absolute Gasteiger partial charge is 0.326 e. The Kier molecular flexibility index (Phi) is 6.49. The lowest BCUT2D eigenvalue weighted by Gasteiger charge is -2.12. The van der Waals surface area contributed by atoms with Gasteiger partial charge in [-0.15, -0.1) is 0 Å². The minimum Gasteiger partial charge on any atom is -0.480 e. The van der Waals surface area contributed by atoms with Crippen LogP contribution in [-0.2, 0) is 10.5 Å². The number of carbonyl (C=O) groups is 2. The summed E-state index contributed by atoms with van der Waals surface area (Å²) in [5, 5.41) is 11.5. The van der Waals surface area contributed by atoms with Crippen LogP contribution in [0.5, 0.6) is 0 Å². The second-order valence-electron chi connectivity index (χ2n) is 4.21. The first-order valence-electron chi connectivity index (χ1n) is 6.19. The fourth-order valence-electron chi connectivity index (χ4n) is 1.61. The average Bonchev–Trinajstić information content (AvgIpc) is 2.83. The van der Waals surface area contributed by atoms with Gasteiger partial charge in [-0.2, -0.15) is 11.8 Å². The summed E-state index contributed by atoms with van der Waals surface area (Å²) in [5.41, 5.74) is 0. The summed E-state index contributed by atoms with van der Waals surface area (Å²) in [6.07, 6.45) is 4.01. The van der Waals surface area contributed by atoms with Gasteiger partial charge in [0.1, 0.15) is 11.8 Å². The maximum absolute atomic E-state index is 11.9. The fraction of sp³-hybridized carbons (Fsp3) is 0.538. The largest absolute Gasteiger partial charge is 0.480 e. The van der Waals surface area contributed by atoms with E-state index in [1.165, 1.54) is 0 Å². The molecule has 0 saturated heterocycles. The number of rotatable bonds is 8. The minimum absolute atomic E-state index is 0.159. The Morgan fingerprint density at radius 2 is 2.21 bits per heavy atom. The topological polar surface area (TPSA) is 79.5 Å². The van der Waals surface area contributed by atoms with Gasteiger partial charge in [-0.3, -0.25) is 4.79 Å². The van der Waals surface area contributed by atoms with E-state index in [1.807, 2.05) is 13.2 Å². The molecule has 0 aliphatic carbocycles. The molecule has 6 heteroatoms. The Morgan fingerprint density at radius 3 is 2.79 bits per heavy atom. The highest BCUT2D eigenvalue weighted by Crippen LogP contribution is 2.13. The number of aliphatic carboxylic acids is 1. The van der Waals surface area contributed by atoms with Crippen LogP contribution < -0.4 is 5.32 Å². The maximum Gasteiger partial charge on any atom is 0.326 e. The molecule has 1 aromatic heterocycles. The molecule has 106 valence electrons. The summed E-state index contributed by atoms with van der Waals surface area (Å²) in [6.45, 7) is 1.97. The zero-order chi connectivity index (χ0) is 14.3. The van der Waals surface area contributed by atoms with E-state index in [0.29, 0.717) is 17.9 Å². The van der Waals surface area contributed by atoms with Gasteiger partial charge in [0.25, 0.3) is 5.91 Å². The number of hydrogen-bond acceptors (Lipinski definition) is 4. The average molecular weight is 285 g/mol. The van der Waals surface area contributed by atoms with Crippen LogP contribution in [0.15, 0.2) is 16.5 Å². The van der Waals surface area contributed by atoms with Gasteiger partial charge >= 0.3 is 5.97 Å². The van der Waals surface area contributed by atoms with Crippen LogP contribution in [0.1, 0.15) is 42.5 Å². The highest BCUT2D eigenvalue weighted by atomic mass is 32.2. The number of amides is 1. The highest BCUT2D eigenvalue weighted by molar-refractivity contribution is 7.97. The number of thioether (sulfide) groups is 1. The Hall–Kier alpha value is -1.43. The number of carboxylic acid groups (broad SMARTS) is 1. The minimum atomic E-state index is -1.02. The molecule has 5 nitrogen and oxygen atoms in total. The Morgan fingerprint density at radius 1 is 1.47 bits per heavy atom. The van der Waals surface area contributed by atoms with Crippen molar-refractivity contribution in [2.45, 2.75) is 38.0 Å². The van der Waals surface area contributed by atoms with Crippen LogP contribution in [0.4, 0.5) is 0 Å². The van der Waals surface area contributed by atoms with E-state index >= 15 is 0 Å². The molecule has 1 atom stereocenters. The number of furan rings is 1. The second kappa shape index (κ2) is 7.89. The lowest BCUT2D eigenvalue weighted by molar-refractivity contribution is -0.139. The predicted octanol–water partition coefficient (Wildman–Crippen LogP) is 2.52. The van der Waals surface area contributed by atoms with Crippen LogP contribution in [0, 0.1) is 0 Å². The molecule has 0 spiro atoms. The third kappa shape index (κ3) is 4.98. The third-order valence-electron chi connectivity index (χ3n) is 2.62. The highest BCUT2D eigenvalue weighted by Gasteiger charge is 2.21. The summed E-state index contributed by atoms with van der Waals surface area (Å²) in [7, 11) is 0. The Labute approximate surface area is 116 Å². The molecule has 1 rings (SSSR count). The summed E-state index contributed by atoms with van der Waals surface area (Å²) in [4.78, 5) is 22.9. The van der Waals surface area contributed by atoms with Crippen LogP contribution in [0.25, 0.3) is 0 Å². The van der Waals surface area contributed by atoms with E-state index in [-0.39, 0.29) is 5.76 Å². The van der Waals surface area contributed by atoms with Crippen molar-refractivity contribution in [3.05, 3.63) is 23.7 Å². The summed E-state index contributed by atoms with van der Waals surface area (Å²) in [5.74, 6) is 0.0595. The van der Waals surface area contributed by atoms with Crippen molar-refractivity contribution in [1.82, 2.24) is 5.32 Å². The van der Waals surface area contributed by atoms with E-state index in [1.54, 1.807) is 23.9 Å². The van der Waals surface area contributed by atoms with Gasteiger partial charge in [0.15, 0.2) is 5.76 Å². The predicted molar refractivity (Wildman–Crippen MR) is 74.3 cm³/mol. The molecule has 19 heavy (non-hydrogen) atoms. The van der Waals surface area contributed by atoms with Crippen molar-refractivity contribution in [1.29, 1.82) is 0 Å². The first-order valence-corrected chi connectivity index (χ1v) is 7.59. The molecule has 1 heterocycles. The molecule has 0 fully saturated rings. The molecular formula is C13H19NO4S. The number of nitrogens with one attached hydrogen (secondary N) is 1. The van der Waals surface area contributed by atoms with Gasteiger partial charge in [-0.05, 0) is 24.8 Å². The van der Waals surface area contributed by atoms with E-state index in [2.05, 4.69) is 5.32 Å². The SMILES string of the molecule is CCCC[C@H](NC(=O)c1ccc(CSC)o1)C(=O)O. The van der Waals surface area contributed by atoms with Crippen molar-refractivity contribution in [3.63, 3.8) is 0 Å².